The third kappa shape index (κ3) is 3.46. The third-order valence-corrected chi connectivity index (χ3v) is 4.42. The average Bonchev–Trinajstić information content (AvgIpc) is 3.04. The molecule has 2 atom stereocenters. The van der Waals surface area contributed by atoms with E-state index >= 15 is 0 Å². The molecule has 20 heavy (non-hydrogen) atoms. The van der Waals surface area contributed by atoms with Crippen LogP contribution in [0.5, 0.6) is 5.75 Å². The summed E-state index contributed by atoms with van der Waals surface area (Å²) in [6, 6.07) is 6.41. The molecule has 0 spiro atoms. The summed E-state index contributed by atoms with van der Waals surface area (Å²) >= 11 is 6.02. The van der Waals surface area contributed by atoms with Crippen molar-refractivity contribution < 1.29 is 4.74 Å². The van der Waals surface area contributed by atoms with Gasteiger partial charge in [-0.2, -0.15) is 0 Å². The van der Waals surface area contributed by atoms with Gasteiger partial charge in [0.15, 0.2) is 0 Å². The second kappa shape index (κ2) is 6.33. The van der Waals surface area contributed by atoms with Crippen LogP contribution in [0.2, 0.25) is 5.02 Å². The van der Waals surface area contributed by atoms with Crippen molar-refractivity contribution in [2.24, 2.45) is 0 Å². The van der Waals surface area contributed by atoms with Gasteiger partial charge in [0, 0.05) is 30.6 Å². The lowest BCUT2D eigenvalue weighted by atomic mass is 10.1. The first-order chi connectivity index (χ1) is 9.70. The van der Waals surface area contributed by atoms with Gasteiger partial charge in [0.2, 0.25) is 0 Å². The Kier molecular flexibility index (Phi) is 4.49. The molecule has 1 N–H and O–H groups in total. The quantitative estimate of drug-likeness (QED) is 0.904. The normalized spacial score (nSPS) is 23.6. The zero-order valence-corrected chi connectivity index (χ0v) is 12.8. The molecule has 2 aliphatic heterocycles. The van der Waals surface area contributed by atoms with Gasteiger partial charge < -0.3 is 15.0 Å². The first kappa shape index (κ1) is 14.2. The van der Waals surface area contributed by atoms with Gasteiger partial charge in [-0.05, 0) is 56.6 Å². The number of hydrogen-bond acceptors (Lipinski definition) is 3. The van der Waals surface area contributed by atoms with E-state index < -0.39 is 0 Å². The molecule has 1 aromatic rings. The lowest BCUT2D eigenvalue weighted by molar-refractivity contribution is 0.213. The molecule has 0 bridgehead atoms. The van der Waals surface area contributed by atoms with Gasteiger partial charge in [0.05, 0.1) is 0 Å². The predicted molar refractivity (Wildman–Crippen MR) is 82.7 cm³/mol. The van der Waals surface area contributed by atoms with Crippen LogP contribution in [0, 0.1) is 0 Å². The molecule has 0 saturated carbocycles. The minimum absolute atomic E-state index is 0.240. The van der Waals surface area contributed by atoms with Gasteiger partial charge in [-0.1, -0.05) is 11.6 Å². The predicted octanol–water partition coefficient (Wildman–Crippen LogP) is 2.72. The van der Waals surface area contributed by atoms with Crippen LogP contribution >= 0.6 is 11.6 Å². The van der Waals surface area contributed by atoms with Crippen LogP contribution < -0.4 is 10.1 Å². The summed E-state index contributed by atoms with van der Waals surface area (Å²) in [7, 11) is 0. The Bertz CT molecular complexity index is 460. The summed E-state index contributed by atoms with van der Waals surface area (Å²) in [5, 5.41) is 4.40. The van der Waals surface area contributed by atoms with Crippen molar-refractivity contribution >= 4 is 11.6 Å². The summed E-state index contributed by atoms with van der Waals surface area (Å²) in [5.74, 6) is 0.994. The smallest absolute Gasteiger partial charge is 0.123 e. The molecule has 110 valence electrons. The summed E-state index contributed by atoms with van der Waals surface area (Å²) in [6.07, 6.45) is 3.91. The van der Waals surface area contributed by atoms with Gasteiger partial charge in [0.25, 0.3) is 0 Å². The lowest BCUT2D eigenvalue weighted by Gasteiger charge is -2.22. The van der Waals surface area contributed by atoms with E-state index in [0.717, 1.165) is 30.3 Å². The number of halogens is 1. The van der Waals surface area contributed by atoms with E-state index in [0.29, 0.717) is 6.04 Å². The van der Waals surface area contributed by atoms with Crippen molar-refractivity contribution in [3.05, 3.63) is 28.8 Å². The number of ether oxygens (including phenoxy) is 1. The third-order valence-electron chi connectivity index (χ3n) is 4.19. The molecule has 2 heterocycles. The van der Waals surface area contributed by atoms with E-state index in [-0.39, 0.29) is 6.10 Å². The molecular weight excluding hydrogens is 272 g/mol. The zero-order valence-electron chi connectivity index (χ0n) is 12.1. The zero-order chi connectivity index (χ0) is 13.9. The Labute approximate surface area is 126 Å². The molecule has 1 fully saturated rings. The Morgan fingerprint density at radius 3 is 3.00 bits per heavy atom. The molecular formula is C16H23ClN2O. The maximum Gasteiger partial charge on any atom is 0.123 e. The highest BCUT2D eigenvalue weighted by atomic mass is 35.5. The molecule has 0 aromatic heterocycles. The fourth-order valence-corrected chi connectivity index (χ4v) is 3.35. The molecule has 0 aliphatic carbocycles. The van der Waals surface area contributed by atoms with Gasteiger partial charge in [-0.25, -0.2) is 0 Å². The van der Waals surface area contributed by atoms with Crippen LogP contribution in [0.4, 0.5) is 0 Å². The van der Waals surface area contributed by atoms with Crippen molar-refractivity contribution in [2.45, 2.75) is 38.3 Å². The number of nitrogens with one attached hydrogen (secondary N) is 1. The van der Waals surface area contributed by atoms with Crippen LogP contribution in [-0.2, 0) is 6.42 Å². The summed E-state index contributed by atoms with van der Waals surface area (Å²) in [6.45, 7) is 6.83. The van der Waals surface area contributed by atoms with Gasteiger partial charge >= 0.3 is 0 Å². The Balaban J connectivity index is 1.43. The van der Waals surface area contributed by atoms with Crippen LogP contribution in [0.25, 0.3) is 0 Å². The maximum absolute atomic E-state index is 6.02. The number of likely N-dealkylation sites (tertiary alicyclic amines) is 1. The summed E-state index contributed by atoms with van der Waals surface area (Å²) < 4.78 is 5.95. The van der Waals surface area contributed by atoms with E-state index in [4.69, 9.17) is 16.3 Å². The molecule has 3 rings (SSSR count). The first-order valence-electron chi connectivity index (χ1n) is 7.61. The highest BCUT2D eigenvalue weighted by Crippen LogP contribution is 2.30. The largest absolute Gasteiger partial charge is 0.488 e. The Morgan fingerprint density at radius 2 is 2.20 bits per heavy atom. The van der Waals surface area contributed by atoms with Crippen LogP contribution in [0.15, 0.2) is 18.2 Å². The second-order valence-corrected chi connectivity index (χ2v) is 6.45. The van der Waals surface area contributed by atoms with Crippen molar-refractivity contribution in [1.29, 1.82) is 0 Å². The highest BCUT2D eigenvalue weighted by molar-refractivity contribution is 6.30. The number of hydrogen-bond donors (Lipinski definition) is 1. The summed E-state index contributed by atoms with van der Waals surface area (Å²) in [4.78, 5) is 2.54. The standard InChI is InChI=1S/C16H23ClN2O/c1-12(11-19-6-2-3-7-19)18-10-15-9-13-8-14(17)4-5-16(13)20-15/h4-5,8,12,15,18H,2-3,6-7,9-11H2,1H3. The molecule has 2 aliphatic rings. The average molecular weight is 295 g/mol. The van der Waals surface area contributed by atoms with Crippen LogP contribution in [-0.4, -0.2) is 43.2 Å². The molecule has 0 radical (unpaired) electrons. The second-order valence-electron chi connectivity index (χ2n) is 6.01. The lowest BCUT2D eigenvalue weighted by Crippen LogP contribution is -2.42. The topological polar surface area (TPSA) is 24.5 Å². The first-order valence-corrected chi connectivity index (χ1v) is 7.99. The van der Waals surface area contributed by atoms with Crippen molar-refractivity contribution in [3.63, 3.8) is 0 Å². The van der Waals surface area contributed by atoms with Gasteiger partial charge in [-0.15, -0.1) is 0 Å². The number of rotatable bonds is 5. The van der Waals surface area contributed by atoms with E-state index in [1.54, 1.807) is 0 Å². The molecule has 2 unspecified atom stereocenters. The fourth-order valence-electron chi connectivity index (χ4n) is 3.15. The van der Waals surface area contributed by atoms with E-state index in [1.165, 1.54) is 31.5 Å². The molecule has 0 amide bonds. The molecule has 1 saturated heterocycles. The number of fused-ring (bicyclic) bond motifs is 1. The monoisotopic (exact) mass is 294 g/mol. The van der Waals surface area contributed by atoms with Crippen LogP contribution in [0.3, 0.4) is 0 Å². The van der Waals surface area contributed by atoms with Crippen molar-refractivity contribution in [2.75, 3.05) is 26.2 Å². The Hall–Kier alpha value is -0.770. The van der Waals surface area contributed by atoms with Crippen molar-refractivity contribution in [3.8, 4) is 5.75 Å². The van der Waals surface area contributed by atoms with Crippen molar-refractivity contribution in [1.82, 2.24) is 10.2 Å². The number of benzene rings is 1. The van der Waals surface area contributed by atoms with E-state index in [9.17, 15) is 0 Å². The minimum atomic E-state index is 0.240. The molecule has 4 heteroatoms. The highest BCUT2D eigenvalue weighted by Gasteiger charge is 2.23. The maximum atomic E-state index is 6.02. The van der Waals surface area contributed by atoms with Gasteiger partial charge in [0.1, 0.15) is 11.9 Å². The fraction of sp³-hybridized carbons (Fsp3) is 0.625. The van der Waals surface area contributed by atoms with Crippen LogP contribution in [0.1, 0.15) is 25.3 Å². The van der Waals surface area contributed by atoms with E-state index in [1.807, 2.05) is 18.2 Å². The number of nitrogens with zero attached hydrogens (tertiary/aromatic N) is 1. The van der Waals surface area contributed by atoms with E-state index in [2.05, 4.69) is 17.1 Å². The Morgan fingerprint density at radius 1 is 1.40 bits per heavy atom. The molecule has 1 aromatic carbocycles. The van der Waals surface area contributed by atoms with Gasteiger partial charge in [-0.3, -0.25) is 0 Å². The summed E-state index contributed by atoms with van der Waals surface area (Å²) in [5.41, 5.74) is 1.23. The minimum Gasteiger partial charge on any atom is -0.488 e. The SMILES string of the molecule is CC(CN1CCCC1)NCC1Cc2cc(Cl)ccc2O1. The molecule has 3 nitrogen and oxygen atoms in total.